The van der Waals surface area contributed by atoms with E-state index < -0.39 is 10.4 Å². The summed E-state index contributed by atoms with van der Waals surface area (Å²) in [5, 5.41) is 0. The molecule has 1 aliphatic rings. The van der Waals surface area contributed by atoms with Crippen LogP contribution in [0.25, 0.3) is 0 Å². The van der Waals surface area contributed by atoms with Gasteiger partial charge in [0.25, 0.3) is 0 Å². The molecule has 0 unspecified atom stereocenters. The standard InChI is InChI=1S/C9H20N4.H2O4S/c10-9(11)12-5-8-13-6-3-1-2-4-7-13;1-5(2,3)4/h1-8H2,(H4,10,11,12);(H2,1,2,3,4). The third kappa shape index (κ3) is 15.1. The maximum atomic E-state index is 8.74. The Morgan fingerprint density at radius 2 is 1.56 bits per heavy atom. The van der Waals surface area contributed by atoms with Crippen molar-refractivity contribution in [1.82, 2.24) is 4.90 Å². The van der Waals surface area contributed by atoms with Crippen LogP contribution in [-0.2, 0) is 10.4 Å². The van der Waals surface area contributed by atoms with Gasteiger partial charge in [-0.3, -0.25) is 14.1 Å². The second-order valence-corrected chi connectivity index (χ2v) is 4.91. The van der Waals surface area contributed by atoms with E-state index >= 15 is 0 Å². The average Bonchev–Trinajstić information content (AvgIpc) is 2.43. The maximum Gasteiger partial charge on any atom is 0.394 e. The molecular formula is C9H22N4O4S. The van der Waals surface area contributed by atoms with E-state index in [1.807, 2.05) is 0 Å². The zero-order chi connectivity index (χ0) is 14.0. The molecule has 1 heterocycles. The number of aliphatic imine (C=N–C) groups is 1. The molecular weight excluding hydrogens is 260 g/mol. The van der Waals surface area contributed by atoms with Crippen LogP contribution < -0.4 is 11.5 Å². The molecule has 0 amide bonds. The Morgan fingerprint density at radius 3 is 1.94 bits per heavy atom. The van der Waals surface area contributed by atoms with Gasteiger partial charge in [0.05, 0.1) is 6.54 Å². The SMILES string of the molecule is NC(N)=NCCN1CCCCCC1.O=S(=O)(O)O. The Bertz CT molecular complexity index is 324. The minimum Gasteiger partial charge on any atom is -0.370 e. The molecule has 0 aliphatic carbocycles. The summed E-state index contributed by atoms with van der Waals surface area (Å²) in [5.41, 5.74) is 10.5. The van der Waals surface area contributed by atoms with Crippen molar-refractivity contribution in [3.05, 3.63) is 0 Å². The number of hydrogen-bond acceptors (Lipinski definition) is 4. The highest BCUT2D eigenvalue weighted by atomic mass is 32.3. The third-order valence-electron chi connectivity index (χ3n) is 2.41. The van der Waals surface area contributed by atoms with E-state index in [9.17, 15) is 0 Å². The van der Waals surface area contributed by atoms with Gasteiger partial charge in [-0.1, -0.05) is 12.8 Å². The van der Waals surface area contributed by atoms with E-state index in [1.165, 1.54) is 38.8 Å². The largest absolute Gasteiger partial charge is 0.394 e. The van der Waals surface area contributed by atoms with Crippen LogP contribution in [0.1, 0.15) is 25.7 Å². The highest BCUT2D eigenvalue weighted by molar-refractivity contribution is 7.79. The molecule has 9 heteroatoms. The molecule has 108 valence electrons. The van der Waals surface area contributed by atoms with Crippen molar-refractivity contribution in [3.8, 4) is 0 Å². The van der Waals surface area contributed by atoms with E-state index in [0.717, 1.165) is 13.1 Å². The Morgan fingerprint density at radius 1 is 1.11 bits per heavy atom. The third-order valence-corrected chi connectivity index (χ3v) is 2.41. The predicted molar refractivity (Wildman–Crippen MR) is 69.8 cm³/mol. The van der Waals surface area contributed by atoms with Crippen LogP contribution in [0.5, 0.6) is 0 Å². The number of rotatable bonds is 3. The molecule has 0 saturated carbocycles. The molecule has 0 aromatic rings. The zero-order valence-corrected chi connectivity index (χ0v) is 11.1. The van der Waals surface area contributed by atoms with Crippen molar-refractivity contribution in [2.75, 3.05) is 26.2 Å². The second kappa shape index (κ2) is 9.09. The molecule has 0 radical (unpaired) electrons. The van der Waals surface area contributed by atoms with E-state index in [4.69, 9.17) is 29.0 Å². The monoisotopic (exact) mass is 282 g/mol. The smallest absolute Gasteiger partial charge is 0.370 e. The lowest BCUT2D eigenvalue weighted by molar-refractivity contribution is 0.293. The van der Waals surface area contributed by atoms with Gasteiger partial charge in [-0.05, 0) is 25.9 Å². The predicted octanol–water partition coefficient (Wildman–Crippen LogP) is -0.517. The van der Waals surface area contributed by atoms with Crippen LogP contribution in [0.15, 0.2) is 4.99 Å². The van der Waals surface area contributed by atoms with Crippen molar-refractivity contribution < 1.29 is 17.5 Å². The van der Waals surface area contributed by atoms with Gasteiger partial charge < -0.3 is 16.4 Å². The van der Waals surface area contributed by atoms with Crippen LogP contribution in [0, 0.1) is 0 Å². The van der Waals surface area contributed by atoms with Crippen LogP contribution >= 0.6 is 0 Å². The molecule has 0 aromatic heterocycles. The van der Waals surface area contributed by atoms with Crippen LogP contribution in [-0.4, -0.2) is 54.6 Å². The quantitative estimate of drug-likeness (QED) is 0.310. The summed E-state index contributed by atoms with van der Waals surface area (Å²) in [6.07, 6.45) is 5.39. The lowest BCUT2D eigenvalue weighted by Gasteiger charge is -2.17. The second-order valence-electron chi connectivity index (χ2n) is 4.01. The summed E-state index contributed by atoms with van der Waals surface area (Å²) in [7, 11) is -4.67. The van der Waals surface area contributed by atoms with E-state index in [2.05, 4.69) is 9.89 Å². The van der Waals surface area contributed by atoms with Crippen LogP contribution in [0.3, 0.4) is 0 Å². The highest BCUT2D eigenvalue weighted by Gasteiger charge is 2.07. The molecule has 0 atom stereocenters. The van der Waals surface area contributed by atoms with Gasteiger partial charge in [0.2, 0.25) is 0 Å². The van der Waals surface area contributed by atoms with Gasteiger partial charge in [0, 0.05) is 6.54 Å². The highest BCUT2D eigenvalue weighted by Crippen LogP contribution is 2.08. The Balaban J connectivity index is 0.000000494. The van der Waals surface area contributed by atoms with Crippen molar-refractivity contribution in [1.29, 1.82) is 0 Å². The molecule has 1 aliphatic heterocycles. The molecule has 8 nitrogen and oxygen atoms in total. The molecule has 1 fully saturated rings. The first-order chi connectivity index (χ1) is 8.29. The minimum absolute atomic E-state index is 0.204. The summed E-state index contributed by atoms with van der Waals surface area (Å²) in [6.45, 7) is 4.15. The Labute approximate surface area is 108 Å². The first-order valence-electron chi connectivity index (χ1n) is 5.76. The molecule has 1 rings (SSSR count). The Kier molecular flexibility index (Phi) is 8.63. The normalized spacial score (nSPS) is 17.2. The molecule has 1 saturated heterocycles. The summed E-state index contributed by atoms with van der Waals surface area (Å²) >= 11 is 0. The van der Waals surface area contributed by atoms with Gasteiger partial charge in [-0.15, -0.1) is 0 Å². The fourth-order valence-electron chi connectivity index (χ4n) is 1.68. The van der Waals surface area contributed by atoms with Crippen molar-refractivity contribution >= 4 is 16.4 Å². The number of likely N-dealkylation sites (tertiary alicyclic amines) is 1. The average molecular weight is 282 g/mol. The minimum atomic E-state index is -4.67. The van der Waals surface area contributed by atoms with Crippen molar-refractivity contribution in [3.63, 3.8) is 0 Å². The van der Waals surface area contributed by atoms with Crippen LogP contribution in [0.4, 0.5) is 0 Å². The lowest BCUT2D eigenvalue weighted by atomic mass is 10.2. The topological polar surface area (TPSA) is 142 Å². The Hall–Kier alpha value is -0.900. The summed E-state index contributed by atoms with van der Waals surface area (Å²) in [5.74, 6) is 0.204. The van der Waals surface area contributed by atoms with E-state index in [-0.39, 0.29) is 5.96 Å². The van der Waals surface area contributed by atoms with E-state index in [1.54, 1.807) is 0 Å². The molecule has 0 bridgehead atoms. The van der Waals surface area contributed by atoms with Gasteiger partial charge >= 0.3 is 10.4 Å². The molecule has 6 N–H and O–H groups in total. The zero-order valence-electron chi connectivity index (χ0n) is 10.3. The summed E-state index contributed by atoms with van der Waals surface area (Å²) < 4.78 is 31.6. The maximum absolute atomic E-state index is 8.74. The summed E-state index contributed by atoms with van der Waals surface area (Å²) in [6, 6.07) is 0. The van der Waals surface area contributed by atoms with Crippen LogP contribution in [0.2, 0.25) is 0 Å². The number of hydrogen-bond donors (Lipinski definition) is 4. The number of guanidine groups is 1. The molecule has 18 heavy (non-hydrogen) atoms. The fraction of sp³-hybridized carbons (Fsp3) is 0.889. The lowest BCUT2D eigenvalue weighted by Crippen LogP contribution is -2.29. The molecule has 0 aromatic carbocycles. The van der Waals surface area contributed by atoms with Gasteiger partial charge in [0.1, 0.15) is 0 Å². The van der Waals surface area contributed by atoms with Gasteiger partial charge in [0.15, 0.2) is 5.96 Å². The van der Waals surface area contributed by atoms with Crippen molar-refractivity contribution in [2.45, 2.75) is 25.7 Å². The van der Waals surface area contributed by atoms with E-state index in [0.29, 0.717) is 0 Å². The molecule has 0 spiro atoms. The van der Waals surface area contributed by atoms with Gasteiger partial charge in [-0.2, -0.15) is 8.42 Å². The number of nitrogens with two attached hydrogens (primary N) is 2. The first-order valence-corrected chi connectivity index (χ1v) is 7.16. The fourth-order valence-corrected chi connectivity index (χ4v) is 1.68. The summed E-state index contributed by atoms with van der Waals surface area (Å²) in [4.78, 5) is 6.42. The van der Waals surface area contributed by atoms with Gasteiger partial charge in [-0.25, -0.2) is 0 Å². The van der Waals surface area contributed by atoms with Crippen molar-refractivity contribution in [2.24, 2.45) is 16.5 Å². The first kappa shape index (κ1) is 17.1. The number of nitrogens with zero attached hydrogens (tertiary/aromatic N) is 2.